The van der Waals surface area contributed by atoms with Gasteiger partial charge >= 0.3 is 5.97 Å². The van der Waals surface area contributed by atoms with Crippen LogP contribution in [0.1, 0.15) is 0 Å². The number of esters is 1. The van der Waals surface area contributed by atoms with Crippen molar-refractivity contribution in [2.75, 3.05) is 13.7 Å². The standard InChI is InChI=1S/C22H17NO4S/c1-25-15-10-12-16(13-11-15)26-14-21(24)27-19-8-4-2-6-17(19)22-23-18-7-3-5-9-20(18)28-22/h2-13H,14H2,1H3. The Bertz CT molecular complexity index is 1070. The maximum Gasteiger partial charge on any atom is 0.349 e. The highest BCUT2D eigenvalue weighted by molar-refractivity contribution is 7.21. The summed E-state index contributed by atoms with van der Waals surface area (Å²) in [6.45, 7) is -0.194. The van der Waals surface area contributed by atoms with Gasteiger partial charge in [0.05, 0.1) is 22.9 Å². The highest BCUT2D eigenvalue weighted by Gasteiger charge is 2.14. The quantitative estimate of drug-likeness (QED) is 0.344. The summed E-state index contributed by atoms with van der Waals surface area (Å²) in [5.41, 5.74) is 1.70. The fourth-order valence-electron chi connectivity index (χ4n) is 2.69. The first-order valence-electron chi connectivity index (χ1n) is 8.65. The van der Waals surface area contributed by atoms with Crippen LogP contribution in [-0.2, 0) is 4.79 Å². The summed E-state index contributed by atoms with van der Waals surface area (Å²) >= 11 is 1.56. The number of methoxy groups -OCH3 is 1. The Morgan fingerprint density at radius 3 is 2.43 bits per heavy atom. The van der Waals surface area contributed by atoms with Crippen LogP contribution >= 0.6 is 11.3 Å². The lowest BCUT2D eigenvalue weighted by Gasteiger charge is -2.09. The van der Waals surface area contributed by atoms with Gasteiger partial charge < -0.3 is 14.2 Å². The molecule has 4 rings (SSSR count). The van der Waals surface area contributed by atoms with Gasteiger partial charge in [0.15, 0.2) is 6.61 Å². The fraction of sp³-hybridized carbons (Fsp3) is 0.0909. The Hall–Kier alpha value is -3.38. The third-order valence-corrected chi connectivity index (χ3v) is 5.12. The van der Waals surface area contributed by atoms with E-state index in [1.165, 1.54) is 0 Å². The number of carbonyl (C=O) groups is 1. The molecule has 28 heavy (non-hydrogen) atoms. The van der Waals surface area contributed by atoms with Gasteiger partial charge in [0, 0.05) is 0 Å². The normalized spacial score (nSPS) is 10.6. The van der Waals surface area contributed by atoms with Crippen molar-refractivity contribution in [3.05, 3.63) is 72.8 Å². The topological polar surface area (TPSA) is 57.7 Å². The SMILES string of the molecule is COc1ccc(OCC(=O)Oc2ccccc2-c2nc3ccccc3s2)cc1. The number of ether oxygens (including phenoxy) is 3. The number of thiazole rings is 1. The van der Waals surface area contributed by atoms with Crippen LogP contribution in [0, 0.1) is 0 Å². The number of hydrogen-bond acceptors (Lipinski definition) is 6. The predicted octanol–water partition coefficient (Wildman–Crippen LogP) is 4.96. The third kappa shape index (κ3) is 3.97. The van der Waals surface area contributed by atoms with E-state index in [4.69, 9.17) is 14.2 Å². The van der Waals surface area contributed by atoms with E-state index < -0.39 is 5.97 Å². The van der Waals surface area contributed by atoms with E-state index in [0.29, 0.717) is 11.5 Å². The van der Waals surface area contributed by atoms with E-state index in [0.717, 1.165) is 26.5 Å². The van der Waals surface area contributed by atoms with Crippen molar-refractivity contribution in [1.82, 2.24) is 4.98 Å². The zero-order valence-corrected chi connectivity index (χ0v) is 15.9. The van der Waals surface area contributed by atoms with Crippen molar-refractivity contribution in [3.63, 3.8) is 0 Å². The molecule has 1 aromatic heterocycles. The van der Waals surface area contributed by atoms with Gasteiger partial charge in [-0.05, 0) is 48.5 Å². The summed E-state index contributed by atoms with van der Waals surface area (Å²) in [6.07, 6.45) is 0. The van der Waals surface area contributed by atoms with Gasteiger partial charge in [-0.15, -0.1) is 11.3 Å². The molecule has 0 N–H and O–H groups in total. The Balaban J connectivity index is 1.47. The zero-order valence-electron chi connectivity index (χ0n) is 15.1. The average molecular weight is 391 g/mol. The number of fused-ring (bicyclic) bond motifs is 1. The van der Waals surface area contributed by atoms with Gasteiger partial charge in [-0.1, -0.05) is 24.3 Å². The molecule has 0 atom stereocenters. The first kappa shape index (κ1) is 18.0. The fourth-order valence-corrected chi connectivity index (χ4v) is 3.68. The van der Waals surface area contributed by atoms with E-state index in [2.05, 4.69) is 4.98 Å². The van der Waals surface area contributed by atoms with Crippen LogP contribution in [0.3, 0.4) is 0 Å². The van der Waals surface area contributed by atoms with Gasteiger partial charge in [0.1, 0.15) is 22.3 Å². The van der Waals surface area contributed by atoms with Crippen LogP contribution < -0.4 is 14.2 Å². The summed E-state index contributed by atoms with van der Waals surface area (Å²) in [5, 5.41) is 0.806. The number of para-hydroxylation sites is 2. The Morgan fingerprint density at radius 2 is 1.64 bits per heavy atom. The van der Waals surface area contributed by atoms with E-state index >= 15 is 0 Å². The first-order chi connectivity index (χ1) is 13.7. The second-order valence-corrected chi connectivity index (χ2v) is 6.95. The summed E-state index contributed by atoms with van der Waals surface area (Å²) < 4.78 is 17.2. The maximum atomic E-state index is 12.3. The molecule has 0 radical (unpaired) electrons. The second kappa shape index (κ2) is 8.10. The van der Waals surface area contributed by atoms with Crippen LogP contribution in [0.5, 0.6) is 17.2 Å². The molecular weight excluding hydrogens is 374 g/mol. The number of hydrogen-bond donors (Lipinski definition) is 0. The van der Waals surface area contributed by atoms with Crippen LogP contribution in [0.15, 0.2) is 72.8 Å². The largest absolute Gasteiger partial charge is 0.497 e. The average Bonchev–Trinajstić information content (AvgIpc) is 3.17. The summed E-state index contributed by atoms with van der Waals surface area (Å²) in [5.74, 6) is 1.27. The van der Waals surface area contributed by atoms with Crippen molar-refractivity contribution in [2.45, 2.75) is 0 Å². The molecule has 1 heterocycles. The number of aromatic nitrogens is 1. The molecule has 0 aliphatic heterocycles. The van der Waals surface area contributed by atoms with E-state index in [-0.39, 0.29) is 6.61 Å². The van der Waals surface area contributed by atoms with Gasteiger partial charge in [0.2, 0.25) is 0 Å². The minimum Gasteiger partial charge on any atom is -0.497 e. The van der Waals surface area contributed by atoms with Crippen molar-refractivity contribution in [1.29, 1.82) is 0 Å². The van der Waals surface area contributed by atoms with Crippen LogP contribution in [-0.4, -0.2) is 24.7 Å². The Kier molecular flexibility index (Phi) is 5.21. The lowest BCUT2D eigenvalue weighted by Crippen LogP contribution is -2.18. The molecule has 0 saturated carbocycles. The molecule has 0 saturated heterocycles. The maximum absolute atomic E-state index is 12.3. The zero-order chi connectivity index (χ0) is 19.3. The lowest BCUT2D eigenvalue weighted by molar-refractivity contribution is -0.136. The van der Waals surface area contributed by atoms with Crippen molar-refractivity contribution in [3.8, 4) is 27.8 Å². The minimum absolute atomic E-state index is 0.194. The number of carbonyl (C=O) groups excluding carboxylic acids is 1. The van der Waals surface area contributed by atoms with Gasteiger partial charge in [-0.2, -0.15) is 0 Å². The van der Waals surface area contributed by atoms with Crippen LogP contribution in [0.25, 0.3) is 20.8 Å². The molecule has 140 valence electrons. The number of nitrogens with zero attached hydrogens (tertiary/aromatic N) is 1. The molecule has 4 aromatic rings. The van der Waals surface area contributed by atoms with Gasteiger partial charge in [-0.3, -0.25) is 0 Å². The Labute approximate surface area is 166 Å². The molecule has 0 fully saturated rings. The molecule has 0 unspecified atom stereocenters. The lowest BCUT2D eigenvalue weighted by atomic mass is 10.2. The molecule has 0 amide bonds. The number of benzene rings is 3. The molecule has 5 nitrogen and oxygen atoms in total. The molecule has 0 aliphatic carbocycles. The summed E-state index contributed by atoms with van der Waals surface area (Å²) in [7, 11) is 1.59. The van der Waals surface area contributed by atoms with Crippen molar-refractivity contribution in [2.24, 2.45) is 0 Å². The smallest absolute Gasteiger partial charge is 0.349 e. The van der Waals surface area contributed by atoms with Gasteiger partial charge in [-0.25, -0.2) is 9.78 Å². The molecule has 0 aliphatic rings. The molecule has 0 bridgehead atoms. The molecule has 0 spiro atoms. The van der Waals surface area contributed by atoms with E-state index in [1.54, 1.807) is 48.8 Å². The Morgan fingerprint density at radius 1 is 0.929 bits per heavy atom. The third-order valence-electron chi connectivity index (χ3n) is 4.05. The van der Waals surface area contributed by atoms with Crippen LogP contribution in [0.4, 0.5) is 0 Å². The summed E-state index contributed by atoms with van der Waals surface area (Å²) in [4.78, 5) is 16.9. The van der Waals surface area contributed by atoms with Crippen molar-refractivity contribution < 1.29 is 19.0 Å². The minimum atomic E-state index is -0.482. The van der Waals surface area contributed by atoms with Crippen molar-refractivity contribution >= 4 is 27.5 Å². The predicted molar refractivity (Wildman–Crippen MR) is 109 cm³/mol. The summed E-state index contributed by atoms with van der Waals surface area (Å²) in [6, 6.07) is 22.3. The van der Waals surface area contributed by atoms with E-state index in [9.17, 15) is 4.79 Å². The first-order valence-corrected chi connectivity index (χ1v) is 9.47. The van der Waals surface area contributed by atoms with E-state index in [1.807, 2.05) is 42.5 Å². The molecule has 3 aromatic carbocycles. The van der Waals surface area contributed by atoms with Gasteiger partial charge in [0.25, 0.3) is 0 Å². The second-order valence-electron chi connectivity index (χ2n) is 5.92. The monoisotopic (exact) mass is 391 g/mol. The highest BCUT2D eigenvalue weighted by Crippen LogP contribution is 2.35. The molecular formula is C22H17NO4S. The number of rotatable bonds is 6. The highest BCUT2D eigenvalue weighted by atomic mass is 32.1. The molecule has 6 heteroatoms. The van der Waals surface area contributed by atoms with Crippen LogP contribution in [0.2, 0.25) is 0 Å².